The third-order valence-corrected chi connectivity index (χ3v) is 4.60. The Morgan fingerprint density at radius 2 is 1.93 bits per heavy atom. The Bertz CT molecular complexity index is 1020. The van der Waals surface area contributed by atoms with Crippen molar-refractivity contribution in [2.45, 2.75) is 12.3 Å². The molecule has 2 heterocycles. The van der Waals surface area contributed by atoms with E-state index >= 15 is 0 Å². The molecular formula is C20H19N5O2. The molecule has 0 unspecified atom stereocenters. The quantitative estimate of drug-likeness (QED) is 0.485. The van der Waals surface area contributed by atoms with Crippen LogP contribution in [0.2, 0.25) is 0 Å². The van der Waals surface area contributed by atoms with Gasteiger partial charge in [0.05, 0.1) is 16.8 Å². The number of carboxylic acids is 1. The molecule has 136 valence electrons. The van der Waals surface area contributed by atoms with Gasteiger partial charge >= 0.3 is 5.97 Å². The lowest BCUT2D eigenvalue weighted by molar-refractivity contribution is 0.0697. The van der Waals surface area contributed by atoms with Crippen LogP contribution in [0.1, 0.15) is 28.5 Å². The van der Waals surface area contributed by atoms with E-state index in [0.717, 1.165) is 29.7 Å². The Hall–Kier alpha value is -3.45. The molecule has 0 bridgehead atoms. The summed E-state index contributed by atoms with van der Waals surface area (Å²) in [5.41, 5.74) is 1.68. The number of nitrogens with two attached hydrogens (primary N) is 1. The van der Waals surface area contributed by atoms with Gasteiger partial charge < -0.3 is 10.4 Å². The SMILES string of the molecule is NN(c1ccc(C(=O)O)cc1)c1nc([C@@H]2C=CNCC2)nc2ccccc12. The number of hydrazine groups is 1. The zero-order valence-electron chi connectivity index (χ0n) is 14.5. The molecule has 0 saturated carbocycles. The van der Waals surface area contributed by atoms with Crippen LogP contribution in [-0.4, -0.2) is 27.6 Å². The van der Waals surface area contributed by atoms with E-state index in [9.17, 15) is 4.79 Å². The fourth-order valence-corrected chi connectivity index (χ4v) is 3.13. The molecule has 1 aliphatic rings. The zero-order chi connectivity index (χ0) is 18.8. The second-order valence-corrected chi connectivity index (χ2v) is 6.35. The second-order valence-electron chi connectivity index (χ2n) is 6.35. The summed E-state index contributed by atoms with van der Waals surface area (Å²) >= 11 is 0. The van der Waals surface area contributed by atoms with Gasteiger partial charge in [0.1, 0.15) is 5.82 Å². The van der Waals surface area contributed by atoms with Crippen LogP contribution in [0.4, 0.5) is 11.5 Å². The molecule has 4 rings (SSSR count). The molecular weight excluding hydrogens is 342 g/mol. The van der Waals surface area contributed by atoms with E-state index in [-0.39, 0.29) is 11.5 Å². The summed E-state index contributed by atoms with van der Waals surface area (Å²) in [6.45, 7) is 0.871. The molecule has 3 aromatic rings. The standard InChI is InChI=1S/C20H19N5O2/c21-25(15-7-5-14(6-8-15)20(26)27)19-16-3-1-2-4-17(16)23-18(24-19)13-9-11-22-12-10-13/h1-9,11,13,22H,10,12,21H2,(H,26,27)/t13-/m1/s1. The average Bonchev–Trinajstić information content (AvgIpc) is 2.73. The van der Waals surface area contributed by atoms with Crippen molar-refractivity contribution in [3.63, 3.8) is 0 Å². The van der Waals surface area contributed by atoms with Gasteiger partial charge in [0, 0.05) is 17.8 Å². The first kappa shape index (κ1) is 17.0. The third kappa shape index (κ3) is 3.32. The number of para-hydroxylation sites is 1. The van der Waals surface area contributed by atoms with Crippen molar-refractivity contribution in [2.24, 2.45) is 5.84 Å². The van der Waals surface area contributed by atoms with Crippen LogP contribution >= 0.6 is 0 Å². The largest absolute Gasteiger partial charge is 0.478 e. The molecule has 1 aromatic heterocycles. The number of carbonyl (C=O) groups is 1. The smallest absolute Gasteiger partial charge is 0.335 e. The number of fused-ring (bicyclic) bond motifs is 1. The molecule has 4 N–H and O–H groups in total. The number of benzene rings is 2. The minimum absolute atomic E-state index is 0.123. The summed E-state index contributed by atoms with van der Waals surface area (Å²) in [7, 11) is 0. The van der Waals surface area contributed by atoms with Crippen molar-refractivity contribution in [1.82, 2.24) is 15.3 Å². The highest BCUT2D eigenvalue weighted by Gasteiger charge is 2.19. The van der Waals surface area contributed by atoms with Crippen molar-refractivity contribution in [3.05, 3.63) is 72.2 Å². The number of carboxylic acid groups (broad SMARTS) is 1. The van der Waals surface area contributed by atoms with Gasteiger partial charge in [0.2, 0.25) is 0 Å². The van der Waals surface area contributed by atoms with E-state index < -0.39 is 5.97 Å². The summed E-state index contributed by atoms with van der Waals surface area (Å²) in [6.07, 6.45) is 4.89. The Morgan fingerprint density at radius 3 is 2.63 bits per heavy atom. The number of nitrogens with one attached hydrogen (secondary N) is 1. The van der Waals surface area contributed by atoms with E-state index in [1.807, 2.05) is 30.5 Å². The van der Waals surface area contributed by atoms with Crippen LogP contribution in [0.25, 0.3) is 10.9 Å². The number of nitrogens with zero attached hydrogens (tertiary/aromatic N) is 3. The van der Waals surface area contributed by atoms with Crippen LogP contribution in [0.3, 0.4) is 0 Å². The van der Waals surface area contributed by atoms with Crippen molar-refractivity contribution >= 4 is 28.4 Å². The van der Waals surface area contributed by atoms with E-state index in [1.54, 1.807) is 12.1 Å². The van der Waals surface area contributed by atoms with Crippen LogP contribution in [-0.2, 0) is 0 Å². The minimum Gasteiger partial charge on any atom is -0.478 e. The fraction of sp³-hybridized carbons (Fsp3) is 0.150. The molecule has 0 saturated heterocycles. The molecule has 7 heteroatoms. The lowest BCUT2D eigenvalue weighted by Gasteiger charge is -2.22. The summed E-state index contributed by atoms with van der Waals surface area (Å²) < 4.78 is 0. The first-order chi connectivity index (χ1) is 13.1. The fourth-order valence-electron chi connectivity index (χ4n) is 3.13. The summed E-state index contributed by atoms with van der Waals surface area (Å²) in [6, 6.07) is 14.1. The molecule has 0 spiro atoms. The van der Waals surface area contributed by atoms with Gasteiger partial charge in [-0.3, -0.25) is 5.01 Å². The van der Waals surface area contributed by atoms with Crippen LogP contribution < -0.4 is 16.2 Å². The van der Waals surface area contributed by atoms with Gasteiger partial charge in [-0.05, 0) is 49.0 Å². The number of hydrogen-bond acceptors (Lipinski definition) is 6. The first-order valence-corrected chi connectivity index (χ1v) is 8.68. The Morgan fingerprint density at radius 1 is 1.15 bits per heavy atom. The number of hydrogen-bond donors (Lipinski definition) is 3. The average molecular weight is 361 g/mol. The maximum Gasteiger partial charge on any atom is 0.335 e. The topological polar surface area (TPSA) is 104 Å². The highest BCUT2D eigenvalue weighted by molar-refractivity contribution is 5.92. The predicted molar refractivity (Wildman–Crippen MR) is 104 cm³/mol. The molecule has 0 fully saturated rings. The molecule has 0 aliphatic carbocycles. The van der Waals surface area contributed by atoms with E-state index in [1.165, 1.54) is 17.1 Å². The number of rotatable bonds is 4. The maximum atomic E-state index is 11.1. The zero-order valence-corrected chi connectivity index (χ0v) is 14.5. The Labute approximate surface area is 156 Å². The predicted octanol–water partition coefficient (Wildman–Crippen LogP) is 2.93. The molecule has 2 aromatic carbocycles. The monoisotopic (exact) mass is 361 g/mol. The lowest BCUT2D eigenvalue weighted by Crippen LogP contribution is -2.27. The summed E-state index contributed by atoms with van der Waals surface area (Å²) in [5.74, 6) is 6.83. The Kier molecular flexibility index (Phi) is 4.43. The lowest BCUT2D eigenvalue weighted by atomic mass is 10.0. The molecule has 1 atom stereocenters. The number of aromatic nitrogens is 2. The molecule has 1 aliphatic heterocycles. The second kappa shape index (κ2) is 7.05. The van der Waals surface area contributed by atoms with Crippen molar-refractivity contribution in [1.29, 1.82) is 0 Å². The van der Waals surface area contributed by atoms with E-state index in [0.29, 0.717) is 11.5 Å². The van der Waals surface area contributed by atoms with Gasteiger partial charge in [0.25, 0.3) is 0 Å². The molecule has 7 nitrogen and oxygen atoms in total. The summed E-state index contributed by atoms with van der Waals surface area (Å²) in [4.78, 5) is 20.5. The number of anilines is 2. The normalized spacial score (nSPS) is 16.1. The molecule has 27 heavy (non-hydrogen) atoms. The Balaban J connectivity index is 1.80. The molecule has 0 amide bonds. The number of allylic oxidation sites excluding steroid dienone is 1. The van der Waals surface area contributed by atoms with E-state index in [4.69, 9.17) is 20.9 Å². The van der Waals surface area contributed by atoms with Crippen molar-refractivity contribution in [2.75, 3.05) is 11.6 Å². The maximum absolute atomic E-state index is 11.1. The minimum atomic E-state index is -0.974. The van der Waals surface area contributed by atoms with Crippen LogP contribution in [0.5, 0.6) is 0 Å². The molecule has 0 radical (unpaired) electrons. The first-order valence-electron chi connectivity index (χ1n) is 8.68. The van der Waals surface area contributed by atoms with Gasteiger partial charge in [-0.2, -0.15) is 0 Å². The van der Waals surface area contributed by atoms with Gasteiger partial charge in [-0.25, -0.2) is 20.6 Å². The van der Waals surface area contributed by atoms with E-state index in [2.05, 4.69) is 11.4 Å². The third-order valence-electron chi connectivity index (χ3n) is 4.60. The highest BCUT2D eigenvalue weighted by atomic mass is 16.4. The van der Waals surface area contributed by atoms with Gasteiger partial charge in [-0.15, -0.1) is 0 Å². The highest BCUT2D eigenvalue weighted by Crippen LogP contribution is 2.30. The van der Waals surface area contributed by atoms with Gasteiger partial charge in [-0.1, -0.05) is 18.2 Å². The number of aromatic carboxylic acids is 1. The summed E-state index contributed by atoms with van der Waals surface area (Å²) in [5, 5.41) is 14.6. The van der Waals surface area contributed by atoms with Crippen LogP contribution in [0.15, 0.2) is 60.8 Å². The van der Waals surface area contributed by atoms with Gasteiger partial charge in [0.15, 0.2) is 5.82 Å². The van der Waals surface area contributed by atoms with Crippen molar-refractivity contribution < 1.29 is 9.90 Å². The van der Waals surface area contributed by atoms with Crippen molar-refractivity contribution in [3.8, 4) is 0 Å². The van der Waals surface area contributed by atoms with Crippen LogP contribution in [0, 0.1) is 0 Å².